The number of nitrogens with zero attached hydrogens (tertiary/aromatic N) is 2. The fourth-order valence-corrected chi connectivity index (χ4v) is 10.5. The van der Waals surface area contributed by atoms with Crippen LogP contribution in [0.4, 0.5) is 0 Å². The molecule has 0 fully saturated rings. The monoisotopic (exact) mass is 752 g/mol. The highest BCUT2D eigenvalue weighted by Crippen LogP contribution is 2.57. The van der Waals surface area contributed by atoms with Crippen LogP contribution in [0.2, 0.25) is 0 Å². The average Bonchev–Trinajstić information content (AvgIpc) is 3.55. The first kappa shape index (κ1) is 33.9. The van der Waals surface area contributed by atoms with Crippen molar-refractivity contribution < 1.29 is 0 Å². The van der Waals surface area contributed by atoms with Crippen LogP contribution in [0.15, 0.2) is 182 Å². The predicted octanol–water partition coefficient (Wildman–Crippen LogP) is 14.9. The Bertz CT molecular complexity index is 3370. The van der Waals surface area contributed by atoms with Crippen LogP contribution < -0.4 is 0 Å². The van der Waals surface area contributed by atoms with E-state index in [1.54, 1.807) is 0 Å². The molecule has 0 aliphatic heterocycles. The van der Waals surface area contributed by atoms with E-state index in [-0.39, 0.29) is 5.41 Å². The summed E-state index contributed by atoms with van der Waals surface area (Å²) >= 11 is 0. The van der Waals surface area contributed by atoms with Gasteiger partial charge in [-0.15, -0.1) is 0 Å². The average molecular weight is 753 g/mol. The highest BCUT2D eigenvalue weighted by molar-refractivity contribution is 6.25. The Hall–Kier alpha value is -7.16. The van der Waals surface area contributed by atoms with Crippen molar-refractivity contribution in [2.24, 2.45) is 0 Å². The normalized spacial score (nSPS) is 14.2. The van der Waals surface area contributed by atoms with Gasteiger partial charge in [-0.1, -0.05) is 184 Å². The quantitative estimate of drug-likeness (QED) is 0.167. The lowest BCUT2D eigenvalue weighted by atomic mass is 9.75. The molecule has 1 aromatic heterocycles. The Kier molecular flexibility index (Phi) is 7.43. The molecular formula is C57H40N2. The first-order valence-corrected chi connectivity index (χ1v) is 20.8. The molecule has 1 heterocycles. The third-order valence-electron chi connectivity index (χ3n) is 13.2. The van der Waals surface area contributed by atoms with Crippen LogP contribution in [-0.2, 0) is 11.8 Å². The second kappa shape index (κ2) is 12.9. The van der Waals surface area contributed by atoms with Gasteiger partial charge in [0.15, 0.2) is 5.82 Å². The number of allylic oxidation sites excluding steroid dienone is 2. The van der Waals surface area contributed by atoms with E-state index in [4.69, 9.17) is 9.97 Å². The number of fused-ring (bicyclic) bond motifs is 11. The van der Waals surface area contributed by atoms with E-state index < -0.39 is 0 Å². The zero-order chi connectivity index (χ0) is 39.2. The van der Waals surface area contributed by atoms with Gasteiger partial charge in [-0.3, -0.25) is 0 Å². The zero-order valence-corrected chi connectivity index (χ0v) is 33.1. The van der Waals surface area contributed by atoms with E-state index in [2.05, 4.69) is 190 Å². The van der Waals surface area contributed by atoms with E-state index in [1.165, 1.54) is 87.6 Å². The maximum atomic E-state index is 5.34. The molecule has 59 heavy (non-hydrogen) atoms. The minimum absolute atomic E-state index is 0.0830. The second-order valence-electron chi connectivity index (χ2n) is 16.7. The fourth-order valence-electron chi connectivity index (χ4n) is 10.5. The highest BCUT2D eigenvalue weighted by atomic mass is 14.9. The van der Waals surface area contributed by atoms with Crippen molar-refractivity contribution in [3.8, 4) is 45.0 Å². The Balaban J connectivity index is 1.06. The molecule has 2 nitrogen and oxygen atoms in total. The molecule has 12 rings (SSSR count). The molecule has 10 aromatic rings. The summed E-state index contributed by atoms with van der Waals surface area (Å²) in [7, 11) is 0. The summed E-state index contributed by atoms with van der Waals surface area (Å²) in [6, 6.07) is 66.5. The summed E-state index contributed by atoms with van der Waals surface area (Å²) < 4.78 is 0. The SMILES string of the molecule is CC1(C)C2=C(CCc3ccccc32)c2c(-c3ccc(-c4cc(-c5ccc6c7ccccc7c7ccccc7c6c5)nc(-c5ccccc5)n4)c4ccccc34)cccc21. The Morgan fingerprint density at radius 2 is 0.966 bits per heavy atom. The summed E-state index contributed by atoms with van der Waals surface area (Å²) in [4.78, 5) is 10.6. The molecule has 0 saturated carbocycles. The van der Waals surface area contributed by atoms with Crippen LogP contribution in [0.5, 0.6) is 0 Å². The van der Waals surface area contributed by atoms with Gasteiger partial charge in [-0.2, -0.15) is 0 Å². The lowest BCUT2D eigenvalue weighted by Gasteiger charge is -2.29. The van der Waals surface area contributed by atoms with Gasteiger partial charge in [0.05, 0.1) is 11.4 Å². The lowest BCUT2D eigenvalue weighted by Crippen LogP contribution is -2.18. The van der Waals surface area contributed by atoms with E-state index in [1.807, 2.05) is 6.07 Å². The van der Waals surface area contributed by atoms with Crippen molar-refractivity contribution >= 4 is 54.2 Å². The predicted molar refractivity (Wildman–Crippen MR) is 248 cm³/mol. The standard InChI is InChI=1S/C57H40N2/c1-57(2)51-26-14-25-48(54(51)49-30-27-35-15-6-7-18-38(35)55(49)57)45-31-32-47(43-23-12-10-22-42(43)45)53-34-52(58-56(59-53)36-16-4-3-5-17-36)37-28-29-46-41-21-9-8-19-39(41)40-20-11-13-24-44(40)50(46)33-37/h3-26,28-29,31-34H,27,30H2,1-2H3. The molecule has 0 saturated heterocycles. The number of hydrogen-bond donors (Lipinski definition) is 0. The fraction of sp³-hybridized carbons (Fsp3) is 0.0877. The van der Waals surface area contributed by atoms with Crippen LogP contribution in [0.3, 0.4) is 0 Å². The molecule has 278 valence electrons. The molecule has 0 unspecified atom stereocenters. The summed E-state index contributed by atoms with van der Waals surface area (Å²) in [5.41, 5.74) is 16.2. The molecule has 0 atom stereocenters. The van der Waals surface area contributed by atoms with Crippen molar-refractivity contribution in [2.75, 3.05) is 0 Å². The molecule has 0 radical (unpaired) electrons. The van der Waals surface area contributed by atoms with Gasteiger partial charge in [0.2, 0.25) is 0 Å². The third-order valence-corrected chi connectivity index (χ3v) is 13.2. The van der Waals surface area contributed by atoms with Crippen LogP contribution >= 0.6 is 0 Å². The Labute approximate surface area is 344 Å². The van der Waals surface area contributed by atoms with E-state index >= 15 is 0 Å². The number of rotatable bonds is 4. The molecule has 9 aromatic carbocycles. The van der Waals surface area contributed by atoms with Gasteiger partial charge in [-0.25, -0.2) is 9.97 Å². The first-order valence-electron chi connectivity index (χ1n) is 20.8. The topological polar surface area (TPSA) is 25.8 Å². The first-order chi connectivity index (χ1) is 29.0. The van der Waals surface area contributed by atoms with Crippen molar-refractivity contribution in [3.63, 3.8) is 0 Å². The van der Waals surface area contributed by atoms with Gasteiger partial charge in [-0.05, 0) is 113 Å². The van der Waals surface area contributed by atoms with Gasteiger partial charge in [0.1, 0.15) is 0 Å². The summed E-state index contributed by atoms with van der Waals surface area (Å²) in [5, 5.41) is 9.94. The van der Waals surface area contributed by atoms with Gasteiger partial charge >= 0.3 is 0 Å². The van der Waals surface area contributed by atoms with Crippen LogP contribution in [0.25, 0.3) is 99.3 Å². The van der Waals surface area contributed by atoms with Crippen molar-refractivity contribution in [1.82, 2.24) is 9.97 Å². The highest BCUT2D eigenvalue weighted by Gasteiger charge is 2.41. The molecule has 2 aliphatic carbocycles. The van der Waals surface area contributed by atoms with Crippen LogP contribution in [-0.4, -0.2) is 9.97 Å². The third kappa shape index (κ3) is 5.12. The van der Waals surface area contributed by atoms with Crippen LogP contribution in [0, 0.1) is 0 Å². The summed E-state index contributed by atoms with van der Waals surface area (Å²) in [6.07, 6.45) is 2.13. The summed E-state index contributed by atoms with van der Waals surface area (Å²) in [6.45, 7) is 4.83. The largest absolute Gasteiger partial charge is 0.228 e. The maximum absolute atomic E-state index is 5.34. The molecule has 0 N–H and O–H groups in total. The van der Waals surface area contributed by atoms with Crippen molar-refractivity contribution in [2.45, 2.75) is 32.1 Å². The molecule has 2 aliphatic rings. The number of hydrogen-bond acceptors (Lipinski definition) is 2. The number of benzene rings is 9. The number of aromatic nitrogens is 2. The lowest BCUT2D eigenvalue weighted by molar-refractivity contribution is 0.701. The van der Waals surface area contributed by atoms with E-state index in [0.29, 0.717) is 0 Å². The zero-order valence-electron chi connectivity index (χ0n) is 33.1. The molecular weight excluding hydrogens is 713 g/mol. The maximum Gasteiger partial charge on any atom is 0.160 e. The minimum atomic E-state index is -0.0830. The summed E-state index contributed by atoms with van der Waals surface area (Å²) in [5.74, 6) is 0.717. The van der Waals surface area contributed by atoms with Crippen LogP contribution in [0.1, 0.15) is 42.5 Å². The smallest absolute Gasteiger partial charge is 0.160 e. The van der Waals surface area contributed by atoms with Gasteiger partial charge < -0.3 is 0 Å². The molecule has 0 spiro atoms. The van der Waals surface area contributed by atoms with Gasteiger partial charge in [0.25, 0.3) is 0 Å². The molecule has 0 bridgehead atoms. The second-order valence-corrected chi connectivity index (χ2v) is 16.7. The van der Waals surface area contributed by atoms with Gasteiger partial charge in [0, 0.05) is 22.1 Å². The minimum Gasteiger partial charge on any atom is -0.228 e. The Morgan fingerprint density at radius 3 is 1.71 bits per heavy atom. The van der Waals surface area contributed by atoms with E-state index in [0.717, 1.165) is 46.7 Å². The molecule has 2 heteroatoms. The molecule has 0 amide bonds. The van der Waals surface area contributed by atoms with Crippen molar-refractivity contribution in [1.29, 1.82) is 0 Å². The Morgan fingerprint density at radius 1 is 0.390 bits per heavy atom. The van der Waals surface area contributed by atoms with E-state index in [9.17, 15) is 0 Å². The number of aryl methyl sites for hydroxylation is 1. The van der Waals surface area contributed by atoms with Crippen molar-refractivity contribution in [3.05, 3.63) is 204 Å².